The second-order valence-corrected chi connectivity index (χ2v) is 6.34. The van der Waals surface area contributed by atoms with Gasteiger partial charge in [-0.25, -0.2) is 0 Å². The van der Waals surface area contributed by atoms with Crippen molar-refractivity contribution in [2.24, 2.45) is 5.92 Å². The highest BCUT2D eigenvalue weighted by Crippen LogP contribution is 2.33. The van der Waals surface area contributed by atoms with Crippen LogP contribution >= 0.6 is 0 Å². The zero-order valence-electron chi connectivity index (χ0n) is 14.2. The fourth-order valence-corrected chi connectivity index (χ4v) is 3.86. The number of benzene rings is 1. The van der Waals surface area contributed by atoms with Crippen LogP contribution < -0.4 is 5.32 Å². The van der Waals surface area contributed by atoms with E-state index in [9.17, 15) is 0 Å². The van der Waals surface area contributed by atoms with Crippen molar-refractivity contribution < 1.29 is 0 Å². The smallest absolute Gasteiger partial charge is 0.0478 e. The maximum atomic E-state index is 3.59. The van der Waals surface area contributed by atoms with Crippen LogP contribution in [0.2, 0.25) is 0 Å². The zero-order chi connectivity index (χ0) is 15.2. The normalized spacial score (nSPS) is 21.8. The lowest BCUT2D eigenvalue weighted by Gasteiger charge is -2.41. The van der Waals surface area contributed by atoms with Crippen molar-refractivity contribution >= 4 is 0 Å². The first-order valence-electron chi connectivity index (χ1n) is 8.74. The topological polar surface area (TPSA) is 15.3 Å². The maximum Gasteiger partial charge on any atom is 0.0478 e. The molecule has 0 radical (unpaired) electrons. The molecular formula is C19H32N2. The molecule has 0 aliphatic heterocycles. The second-order valence-electron chi connectivity index (χ2n) is 6.34. The molecule has 2 atom stereocenters. The molecule has 1 aliphatic rings. The van der Waals surface area contributed by atoms with Crippen molar-refractivity contribution in [2.75, 3.05) is 20.1 Å². The van der Waals surface area contributed by atoms with Gasteiger partial charge in [0.1, 0.15) is 0 Å². The van der Waals surface area contributed by atoms with Crippen molar-refractivity contribution in [3.8, 4) is 0 Å². The number of likely N-dealkylation sites (N-methyl/N-ethyl adjacent to an activating group) is 2. The molecule has 1 aliphatic carbocycles. The molecule has 1 N–H and O–H groups in total. The first kappa shape index (κ1) is 16.5. The molecule has 2 unspecified atom stereocenters. The van der Waals surface area contributed by atoms with Crippen LogP contribution in [0.25, 0.3) is 0 Å². The highest BCUT2D eigenvalue weighted by Gasteiger charge is 2.32. The largest absolute Gasteiger partial charge is 0.312 e. The molecule has 2 nitrogen and oxygen atoms in total. The maximum absolute atomic E-state index is 3.59. The summed E-state index contributed by atoms with van der Waals surface area (Å²) in [6.07, 6.45) is 5.08. The standard InChI is InChI=1S/C19H32N2/c1-5-15(6-2)14-21(7-3)18-13-12-16-10-8-9-11-17(16)19(18)20-4/h8-11,15,18-20H,5-7,12-14H2,1-4H3. The summed E-state index contributed by atoms with van der Waals surface area (Å²) >= 11 is 0. The van der Waals surface area contributed by atoms with E-state index in [1.54, 1.807) is 0 Å². The number of nitrogens with one attached hydrogen (secondary N) is 1. The Morgan fingerprint density at radius 1 is 1.19 bits per heavy atom. The van der Waals surface area contributed by atoms with Gasteiger partial charge in [0.15, 0.2) is 0 Å². The lowest BCUT2D eigenvalue weighted by Crippen LogP contribution is -2.48. The summed E-state index contributed by atoms with van der Waals surface area (Å²) in [7, 11) is 2.12. The summed E-state index contributed by atoms with van der Waals surface area (Å²) < 4.78 is 0. The number of hydrogen-bond donors (Lipinski definition) is 1. The molecule has 0 aromatic heterocycles. The van der Waals surface area contributed by atoms with Gasteiger partial charge < -0.3 is 5.32 Å². The van der Waals surface area contributed by atoms with Crippen LogP contribution in [-0.2, 0) is 6.42 Å². The van der Waals surface area contributed by atoms with Gasteiger partial charge in [0.2, 0.25) is 0 Å². The van der Waals surface area contributed by atoms with E-state index in [2.05, 4.69) is 62.3 Å². The molecule has 21 heavy (non-hydrogen) atoms. The monoisotopic (exact) mass is 288 g/mol. The van der Waals surface area contributed by atoms with Crippen LogP contribution in [0.1, 0.15) is 57.2 Å². The van der Waals surface area contributed by atoms with E-state index in [4.69, 9.17) is 0 Å². The lowest BCUT2D eigenvalue weighted by atomic mass is 9.83. The SMILES string of the molecule is CCC(CC)CN(CC)C1CCc2ccccc2C1NC. The highest BCUT2D eigenvalue weighted by molar-refractivity contribution is 5.34. The molecule has 2 rings (SSSR count). The lowest BCUT2D eigenvalue weighted by molar-refractivity contribution is 0.126. The van der Waals surface area contributed by atoms with E-state index in [1.165, 1.54) is 43.4 Å². The Hall–Kier alpha value is -0.860. The van der Waals surface area contributed by atoms with E-state index >= 15 is 0 Å². The predicted molar refractivity (Wildman–Crippen MR) is 91.7 cm³/mol. The van der Waals surface area contributed by atoms with Crippen LogP contribution in [0.4, 0.5) is 0 Å². The average Bonchev–Trinajstić information content (AvgIpc) is 2.55. The molecule has 0 saturated carbocycles. The summed E-state index contributed by atoms with van der Waals surface area (Å²) in [5, 5.41) is 3.59. The van der Waals surface area contributed by atoms with Crippen molar-refractivity contribution in [2.45, 2.75) is 58.5 Å². The minimum Gasteiger partial charge on any atom is -0.312 e. The molecule has 0 fully saturated rings. The van der Waals surface area contributed by atoms with Gasteiger partial charge in [0.25, 0.3) is 0 Å². The molecule has 1 aromatic rings. The van der Waals surface area contributed by atoms with Gasteiger partial charge in [-0.1, -0.05) is 57.9 Å². The Labute approximate surface area is 130 Å². The quantitative estimate of drug-likeness (QED) is 0.815. The van der Waals surface area contributed by atoms with Gasteiger partial charge >= 0.3 is 0 Å². The van der Waals surface area contributed by atoms with Crippen molar-refractivity contribution in [3.63, 3.8) is 0 Å². The van der Waals surface area contributed by atoms with Gasteiger partial charge in [0, 0.05) is 18.6 Å². The zero-order valence-corrected chi connectivity index (χ0v) is 14.2. The summed E-state index contributed by atoms with van der Waals surface area (Å²) in [5.41, 5.74) is 3.05. The summed E-state index contributed by atoms with van der Waals surface area (Å²) in [5.74, 6) is 0.833. The molecule has 1 aromatic carbocycles. The third kappa shape index (κ3) is 3.67. The van der Waals surface area contributed by atoms with E-state index < -0.39 is 0 Å². The Balaban J connectivity index is 2.18. The van der Waals surface area contributed by atoms with E-state index in [-0.39, 0.29) is 0 Å². The first-order valence-corrected chi connectivity index (χ1v) is 8.74. The minimum absolute atomic E-state index is 0.476. The van der Waals surface area contributed by atoms with Crippen LogP contribution in [0.3, 0.4) is 0 Å². The van der Waals surface area contributed by atoms with Crippen LogP contribution in [0.5, 0.6) is 0 Å². The second kappa shape index (κ2) is 7.95. The molecule has 0 heterocycles. The molecule has 0 amide bonds. The highest BCUT2D eigenvalue weighted by atomic mass is 15.2. The van der Waals surface area contributed by atoms with Crippen LogP contribution in [0, 0.1) is 5.92 Å². The van der Waals surface area contributed by atoms with Crippen molar-refractivity contribution in [3.05, 3.63) is 35.4 Å². The Bertz CT molecular complexity index is 425. The van der Waals surface area contributed by atoms with Gasteiger partial charge in [0.05, 0.1) is 0 Å². The fraction of sp³-hybridized carbons (Fsp3) is 0.684. The van der Waals surface area contributed by atoms with Gasteiger partial charge in [-0.15, -0.1) is 0 Å². The molecule has 2 heteroatoms. The van der Waals surface area contributed by atoms with Crippen LogP contribution in [-0.4, -0.2) is 31.1 Å². The average molecular weight is 288 g/mol. The summed E-state index contributed by atoms with van der Waals surface area (Å²) in [6, 6.07) is 10.1. The molecule has 0 saturated heterocycles. The Morgan fingerprint density at radius 2 is 1.90 bits per heavy atom. The molecule has 0 bridgehead atoms. The number of aryl methyl sites for hydroxylation is 1. The number of hydrogen-bond acceptors (Lipinski definition) is 2. The van der Waals surface area contributed by atoms with Gasteiger partial charge in [-0.3, -0.25) is 4.90 Å². The Morgan fingerprint density at radius 3 is 2.52 bits per heavy atom. The molecular weight excluding hydrogens is 256 g/mol. The van der Waals surface area contributed by atoms with Gasteiger partial charge in [-0.2, -0.15) is 0 Å². The minimum atomic E-state index is 0.476. The van der Waals surface area contributed by atoms with E-state index in [0.717, 1.165) is 12.5 Å². The van der Waals surface area contributed by atoms with Crippen molar-refractivity contribution in [1.29, 1.82) is 0 Å². The number of nitrogens with zero attached hydrogens (tertiary/aromatic N) is 1. The number of fused-ring (bicyclic) bond motifs is 1. The van der Waals surface area contributed by atoms with E-state index in [1.807, 2.05) is 0 Å². The summed E-state index contributed by atoms with van der Waals surface area (Å²) in [4.78, 5) is 2.72. The van der Waals surface area contributed by atoms with E-state index in [0.29, 0.717) is 12.1 Å². The van der Waals surface area contributed by atoms with Crippen LogP contribution in [0.15, 0.2) is 24.3 Å². The fourth-order valence-electron chi connectivity index (χ4n) is 3.86. The Kier molecular flexibility index (Phi) is 6.25. The summed E-state index contributed by atoms with van der Waals surface area (Å²) in [6.45, 7) is 9.37. The van der Waals surface area contributed by atoms with Gasteiger partial charge in [-0.05, 0) is 43.5 Å². The number of rotatable bonds is 7. The predicted octanol–water partition coefficient (Wildman–Crippen LogP) is 4.02. The van der Waals surface area contributed by atoms with Crippen molar-refractivity contribution in [1.82, 2.24) is 10.2 Å². The first-order chi connectivity index (χ1) is 10.2. The third-order valence-corrected chi connectivity index (χ3v) is 5.32. The molecule has 0 spiro atoms. The third-order valence-electron chi connectivity index (χ3n) is 5.32. The molecule has 118 valence electrons.